The summed E-state index contributed by atoms with van der Waals surface area (Å²) in [5.41, 5.74) is 1.44. The van der Waals surface area contributed by atoms with E-state index in [2.05, 4.69) is 4.98 Å². The van der Waals surface area contributed by atoms with E-state index in [1.54, 1.807) is 6.07 Å². The summed E-state index contributed by atoms with van der Waals surface area (Å²) >= 11 is 11.0. The molecule has 0 fully saturated rings. The SMILES string of the molecule is CC(C)OCCn1c(=S)[nH]c2cc(F)c(Cl)cc21. The van der Waals surface area contributed by atoms with Crippen molar-refractivity contribution in [1.29, 1.82) is 0 Å². The van der Waals surface area contributed by atoms with Gasteiger partial charge in [0, 0.05) is 12.6 Å². The molecule has 0 aliphatic heterocycles. The highest BCUT2D eigenvalue weighted by Gasteiger charge is 2.09. The third-order valence-electron chi connectivity index (χ3n) is 2.58. The summed E-state index contributed by atoms with van der Waals surface area (Å²) in [4.78, 5) is 2.96. The van der Waals surface area contributed by atoms with Crippen molar-refractivity contribution in [3.05, 3.63) is 27.7 Å². The van der Waals surface area contributed by atoms with Gasteiger partial charge in [-0.2, -0.15) is 0 Å². The van der Waals surface area contributed by atoms with Gasteiger partial charge in [0.2, 0.25) is 0 Å². The van der Waals surface area contributed by atoms with Gasteiger partial charge < -0.3 is 14.3 Å². The first-order valence-corrected chi connectivity index (χ1v) is 6.47. The maximum absolute atomic E-state index is 13.3. The van der Waals surface area contributed by atoms with Crippen molar-refractivity contribution < 1.29 is 9.13 Å². The molecule has 0 unspecified atom stereocenters. The van der Waals surface area contributed by atoms with Gasteiger partial charge in [-0.05, 0) is 32.1 Å². The summed E-state index contributed by atoms with van der Waals surface area (Å²) in [6.45, 7) is 5.11. The summed E-state index contributed by atoms with van der Waals surface area (Å²) < 4.78 is 21.2. The molecule has 2 aromatic rings. The van der Waals surface area contributed by atoms with Gasteiger partial charge >= 0.3 is 0 Å². The number of imidazole rings is 1. The molecule has 3 nitrogen and oxygen atoms in total. The van der Waals surface area contributed by atoms with Crippen LogP contribution in [0.5, 0.6) is 0 Å². The maximum Gasteiger partial charge on any atom is 0.178 e. The third kappa shape index (κ3) is 2.74. The number of hydrogen-bond acceptors (Lipinski definition) is 2. The van der Waals surface area contributed by atoms with E-state index in [9.17, 15) is 4.39 Å². The van der Waals surface area contributed by atoms with Gasteiger partial charge in [-0.25, -0.2) is 4.39 Å². The lowest BCUT2D eigenvalue weighted by Crippen LogP contribution is -2.10. The molecule has 2 rings (SSSR count). The summed E-state index contributed by atoms with van der Waals surface area (Å²) in [5.74, 6) is -0.453. The van der Waals surface area contributed by atoms with E-state index in [0.717, 1.165) is 5.52 Å². The van der Waals surface area contributed by atoms with Gasteiger partial charge in [0.15, 0.2) is 4.77 Å². The maximum atomic E-state index is 13.3. The Morgan fingerprint density at radius 1 is 1.50 bits per heavy atom. The molecule has 0 bridgehead atoms. The van der Waals surface area contributed by atoms with Gasteiger partial charge in [0.1, 0.15) is 5.82 Å². The van der Waals surface area contributed by atoms with Crippen LogP contribution in [-0.2, 0) is 11.3 Å². The predicted octanol–water partition coefficient (Wildman–Crippen LogP) is 3.92. The molecule has 1 N–H and O–H groups in total. The fourth-order valence-corrected chi connectivity index (χ4v) is 2.21. The fraction of sp³-hybridized carbons (Fsp3) is 0.417. The van der Waals surface area contributed by atoms with Crippen LogP contribution in [0.4, 0.5) is 4.39 Å². The first-order chi connectivity index (χ1) is 8.49. The number of rotatable bonds is 4. The van der Waals surface area contributed by atoms with Gasteiger partial charge in [0.05, 0.1) is 28.8 Å². The topological polar surface area (TPSA) is 29.9 Å². The molecule has 98 valence electrons. The van der Waals surface area contributed by atoms with Crippen molar-refractivity contribution in [2.75, 3.05) is 6.61 Å². The van der Waals surface area contributed by atoms with Gasteiger partial charge in [-0.15, -0.1) is 0 Å². The number of fused-ring (bicyclic) bond motifs is 1. The van der Waals surface area contributed by atoms with E-state index in [4.69, 9.17) is 28.6 Å². The highest BCUT2D eigenvalue weighted by molar-refractivity contribution is 7.71. The third-order valence-corrected chi connectivity index (χ3v) is 3.19. The lowest BCUT2D eigenvalue weighted by molar-refractivity contribution is 0.0731. The minimum atomic E-state index is -0.453. The lowest BCUT2D eigenvalue weighted by atomic mass is 10.3. The quantitative estimate of drug-likeness (QED) is 0.864. The van der Waals surface area contributed by atoms with E-state index >= 15 is 0 Å². The van der Waals surface area contributed by atoms with E-state index in [0.29, 0.717) is 23.4 Å². The zero-order valence-electron chi connectivity index (χ0n) is 10.2. The Bertz CT molecular complexity index is 620. The average molecular weight is 289 g/mol. The van der Waals surface area contributed by atoms with Crippen molar-refractivity contribution in [2.24, 2.45) is 0 Å². The molecule has 18 heavy (non-hydrogen) atoms. The molecule has 0 saturated carbocycles. The molecule has 6 heteroatoms. The summed E-state index contributed by atoms with van der Waals surface area (Å²) in [5, 5.41) is 0.0926. The molecule has 1 aromatic heterocycles. The number of halogens is 2. The van der Waals surface area contributed by atoms with Crippen LogP contribution in [0.25, 0.3) is 11.0 Å². The summed E-state index contributed by atoms with van der Waals surface area (Å²) in [6, 6.07) is 2.93. The monoisotopic (exact) mass is 288 g/mol. The molecule has 1 heterocycles. The van der Waals surface area contributed by atoms with Gasteiger partial charge in [-0.1, -0.05) is 11.6 Å². The minimum Gasteiger partial charge on any atom is -0.377 e. The first-order valence-electron chi connectivity index (χ1n) is 5.68. The number of aromatic amines is 1. The van der Waals surface area contributed by atoms with Crippen molar-refractivity contribution in [3.8, 4) is 0 Å². The number of aromatic nitrogens is 2. The zero-order valence-corrected chi connectivity index (χ0v) is 11.7. The normalized spacial score (nSPS) is 11.6. The number of benzene rings is 1. The van der Waals surface area contributed by atoms with Crippen molar-refractivity contribution in [3.63, 3.8) is 0 Å². The average Bonchev–Trinajstić information content (AvgIpc) is 2.56. The molecule has 0 spiro atoms. The molecule has 0 aliphatic rings. The zero-order chi connectivity index (χ0) is 13.3. The predicted molar refractivity (Wildman–Crippen MR) is 73.2 cm³/mol. The number of ether oxygens (including phenoxy) is 1. The molecular formula is C12H14ClFN2OS. The van der Waals surface area contributed by atoms with Crippen LogP contribution in [0.15, 0.2) is 12.1 Å². The number of nitrogens with one attached hydrogen (secondary N) is 1. The molecule has 0 radical (unpaired) electrons. The van der Waals surface area contributed by atoms with Crippen LogP contribution in [0.2, 0.25) is 5.02 Å². The van der Waals surface area contributed by atoms with Crippen LogP contribution in [0.1, 0.15) is 13.8 Å². The van der Waals surface area contributed by atoms with E-state index in [1.165, 1.54) is 6.07 Å². The van der Waals surface area contributed by atoms with E-state index < -0.39 is 5.82 Å². The number of nitrogens with zero attached hydrogens (tertiary/aromatic N) is 1. The molecule has 1 aromatic carbocycles. The van der Waals surface area contributed by atoms with Crippen LogP contribution >= 0.6 is 23.8 Å². The molecule has 0 aliphatic carbocycles. The van der Waals surface area contributed by atoms with Gasteiger partial charge in [-0.3, -0.25) is 0 Å². The van der Waals surface area contributed by atoms with E-state index in [-0.39, 0.29) is 11.1 Å². The standard InChI is InChI=1S/C12H14ClFN2OS/c1-7(2)17-4-3-16-11-5-8(13)9(14)6-10(11)15-12(16)18/h5-7H,3-4H2,1-2H3,(H,15,18). The first kappa shape index (κ1) is 13.5. The van der Waals surface area contributed by atoms with Gasteiger partial charge in [0.25, 0.3) is 0 Å². The molecular weight excluding hydrogens is 275 g/mol. The molecule has 0 saturated heterocycles. The molecule has 0 amide bonds. The lowest BCUT2D eigenvalue weighted by Gasteiger charge is -2.08. The van der Waals surface area contributed by atoms with Crippen molar-refractivity contribution >= 4 is 34.9 Å². The highest BCUT2D eigenvalue weighted by Crippen LogP contribution is 2.22. The second-order valence-corrected chi connectivity index (χ2v) is 5.08. The Balaban J connectivity index is 2.35. The Kier molecular flexibility index (Phi) is 4.04. The smallest absolute Gasteiger partial charge is 0.178 e. The molecule has 0 atom stereocenters. The summed E-state index contributed by atoms with van der Waals surface area (Å²) in [6.07, 6.45) is 0.172. The largest absolute Gasteiger partial charge is 0.377 e. The van der Waals surface area contributed by atoms with Crippen molar-refractivity contribution in [2.45, 2.75) is 26.5 Å². The van der Waals surface area contributed by atoms with E-state index in [1.807, 2.05) is 18.4 Å². The van der Waals surface area contributed by atoms with Crippen LogP contribution in [0, 0.1) is 10.6 Å². The van der Waals surface area contributed by atoms with Crippen LogP contribution in [-0.4, -0.2) is 22.3 Å². The Labute approximate surface area is 115 Å². The second-order valence-electron chi connectivity index (χ2n) is 4.28. The Morgan fingerprint density at radius 3 is 2.89 bits per heavy atom. The van der Waals surface area contributed by atoms with Crippen LogP contribution in [0.3, 0.4) is 0 Å². The Hall–Kier alpha value is -0.910. The fourth-order valence-electron chi connectivity index (χ4n) is 1.75. The Morgan fingerprint density at radius 2 is 2.22 bits per heavy atom. The minimum absolute atomic E-state index is 0.0926. The highest BCUT2D eigenvalue weighted by atomic mass is 35.5. The number of H-pyrrole nitrogens is 1. The second kappa shape index (κ2) is 5.38. The summed E-state index contributed by atoms with van der Waals surface area (Å²) in [7, 11) is 0. The number of hydrogen-bond donors (Lipinski definition) is 1. The van der Waals surface area contributed by atoms with Crippen LogP contribution < -0.4 is 0 Å². The van der Waals surface area contributed by atoms with Crippen molar-refractivity contribution in [1.82, 2.24) is 9.55 Å².